The molecule has 0 spiro atoms. The van der Waals surface area contributed by atoms with Crippen LogP contribution in [0.2, 0.25) is 0 Å². The van der Waals surface area contributed by atoms with Gasteiger partial charge in [-0.05, 0) is 23.3 Å². The van der Waals surface area contributed by atoms with Crippen molar-refractivity contribution < 1.29 is 23.8 Å². The van der Waals surface area contributed by atoms with Gasteiger partial charge in [0.25, 0.3) is 0 Å². The van der Waals surface area contributed by atoms with E-state index in [4.69, 9.17) is 9.47 Å². The van der Waals surface area contributed by atoms with E-state index in [-0.39, 0.29) is 6.42 Å². The molecule has 0 saturated heterocycles. The number of methoxy groups -OCH3 is 1. The molecule has 2 rings (SSSR count). The highest BCUT2D eigenvalue weighted by Crippen LogP contribution is 2.16. The van der Waals surface area contributed by atoms with Crippen molar-refractivity contribution in [3.8, 4) is 5.75 Å². The Bertz CT molecular complexity index is 664. The van der Waals surface area contributed by atoms with Gasteiger partial charge in [0.2, 0.25) is 6.10 Å². The van der Waals surface area contributed by atoms with E-state index in [0.29, 0.717) is 6.61 Å². The van der Waals surface area contributed by atoms with E-state index in [1.54, 1.807) is 0 Å². The van der Waals surface area contributed by atoms with Gasteiger partial charge >= 0.3 is 11.9 Å². The standard InChI is InChI=1S/C19H20O5/c1-14(20)24-18(19(21)22-2)12-15-8-10-17(11-9-15)23-13-16-6-4-3-5-7-16/h3-11,18H,12-13H2,1-2H3. The lowest BCUT2D eigenvalue weighted by Crippen LogP contribution is -2.29. The summed E-state index contributed by atoms with van der Waals surface area (Å²) < 4.78 is 15.4. The fourth-order valence-corrected chi connectivity index (χ4v) is 2.18. The maximum absolute atomic E-state index is 11.7. The first kappa shape index (κ1) is 17.5. The minimum atomic E-state index is -0.941. The number of esters is 2. The van der Waals surface area contributed by atoms with E-state index in [9.17, 15) is 9.59 Å². The van der Waals surface area contributed by atoms with Gasteiger partial charge in [-0.2, -0.15) is 0 Å². The van der Waals surface area contributed by atoms with Crippen LogP contribution in [0, 0.1) is 0 Å². The first-order valence-corrected chi connectivity index (χ1v) is 7.59. The minimum absolute atomic E-state index is 0.255. The van der Waals surface area contributed by atoms with Gasteiger partial charge in [0.05, 0.1) is 7.11 Å². The van der Waals surface area contributed by atoms with Crippen molar-refractivity contribution in [3.05, 3.63) is 65.7 Å². The lowest BCUT2D eigenvalue weighted by Gasteiger charge is -2.15. The Morgan fingerprint density at radius 2 is 1.62 bits per heavy atom. The van der Waals surface area contributed by atoms with Crippen LogP contribution in [-0.4, -0.2) is 25.2 Å². The van der Waals surface area contributed by atoms with E-state index in [0.717, 1.165) is 16.9 Å². The molecule has 1 unspecified atom stereocenters. The number of hydrogen-bond donors (Lipinski definition) is 0. The van der Waals surface area contributed by atoms with Crippen LogP contribution in [0.15, 0.2) is 54.6 Å². The van der Waals surface area contributed by atoms with Gasteiger partial charge in [-0.25, -0.2) is 4.79 Å². The molecule has 0 N–H and O–H groups in total. The van der Waals surface area contributed by atoms with Gasteiger partial charge in [0.1, 0.15) is 12.4 Å². The summed E-state index contributed by atoms with van der Waals surface area (Å²) in [5.41, 5.74) is 1.93. The molecule has 0 aliphatic carbocycles. The van der Waals surface area contributed by atoms with Gasteiger partial charge in [0.15, 0.2) is 0 Å². The fourth-order valence-electron chi connectivity index (χ4n) is 2.18. The molecule has 0 aliphatic heterocycles. The monoisotopic (exact) mass is 328 g/mol. The van der Waals surface area contributed by atoms with Crippen LogP contribution in [0.4, 0.5) is 0 Å². The number of rotatable bonds is 7. The number of hydrogen-bond acceptors (Lipinski definition) is 5. The van der Waals surface area contributed by atoms with E-state index in [1.165, 1.54) is 14.0 Å². The highest BCUT2D eigenvalue weighted by Gasteiger charge is 2.22. The van der Waals surface area contributed by atoms with E-state index in [2.05, 4.69) is 4.74 Å². The zero-order chi connectivity index (χ0) is 17.4. The largest absolute Gasteiger partial charge is 0.489 e. The molecule has 2 aromatic rings. The second kappa shape index (κ2) is 8.72. The van der Waals surface area contributed by atoms with Crippen LogP contribution >= 0.6 is 0 Å². The zero-order valence-electron chi connectivity index (χ0n) is 13.7. The minimum Gasteiger partial charge on any atom is -0.489 e. The zero-order valence-corrected chi connectivity index (χ0v) is 13.7. The van der Waals surface area contributed by atoms with Crippen LogP contribution in [0.5, 0.6) is 5.75 Å². The summed E-state index contributed by atoms with van der Waals surface area (Å²) in [6.45, 7) is 1.74. The van der Waals surface area contributed by atoms with Crippen LogP contribution < -0.4 is 4.74 Å². The number of carbonyl (C=O) groups excluding carboxylic acids is 2. The molecule has 0 heterocycles. The number of carbonyl (C=O) groups is 2. The predicted octanol–water partition coefficient (Wildman–Crippen LogP) is 2.91. The Hall–Kier alpha value is -2.82. The smallest absolute Gasteiger partial charge is 0.347 e. The quantitative estimate of drug-likeness (QED) is 0.731. The predicted molar refractivity (Wildman–Crippen MR) is 88.5 cm³/mol. The van der Waals surface area contributed by atoms with Crippen molar-refractivity contribution in [2.24, 2.45) is 0 Å². The second-order valence-corrected chi connectivity index (χ2v) is 5.24. The van der Waals surface area contributed by atoms with Gasteiger partial charge in [-0.1, -0.05) is 42.5 Å². The SMILES string of the molecule is COC(=O)C(Cc1ccc(OCc2ccccc2)cc1)OC(C)=O. The molecule has 0 radical (unpaired) electrons. The summed E-state index contributed by atoms with van der Waals surface area (Å²) in [5.74, 6) is -0.368. The Balaban J connectivity index is 1.95. The van der Waals surface area contributed by atoms with Crippen molar-refractivity contribution in [2.45, 2.75) is 26.1 Å². The van der Waals surface area contributed by atoms with Crippen molar-refractivity contribution in [1.29, 1.82) is 0 Å². The first-order chi connectivity index (χ1) is 11.6. The van der Waals surface area contributed by atoms with Crippen molar-refractivity contribution in [2.75, 3.05) is 7.11 Å². The van der Waals surface area contributed by atoms with Gasteiger partial charge in [-0.3, -0.25) is 4.79 Å². The summed E-state index contributed by atoms with van der Waals surface area (Å²) >= 11 is 0. The van der Waals surface area contributed by atoms with Gasteiger partial charge in [-0.15, -0.1) is 0 Å². The molecule has 0 fully saturated rings. The third-order valence-corrected chi connectivity index (χ3v) is 3.37. The highest BCUT2D eigenvalue weighted by molar-refractivity contribution is 5.78. The molecule has 126 valence electrons. The average molecular weight is 328 g/mol. The molecule has 24 heavy (non-hydrogen) atoms. The molecule has 0 aromatic heterocycles. The summed E-state index contributed by atoms with van der Waals surface area (Å²) in [7, 11) is 1.26. The van der Waals surface area contributed by atoms with Crippen LogP contribution in [-0.2, 0) is 32.1 Å². The van der Waals surface area contributed by atoms with Gasteiger partial charge < -0.3 is 14.2 Å². The molecule has 5 nitrogen and oxygen atoms in total. The Morgan fingerprint density at radius 1 is 0.958 bits per heavy atom. The Kier molecular flexibility index (Phi) is 6.37. The fraction of sp³-hybridized carbons (Fsp3) is 0.263. The normalized spacial score (nSPS) is 11.4. The lowest BCUT2D eigenvalue weighted by atomic mass is 10.1. The second-order valence-electron chi connectivity index (χ2n) is 5.24. The molecule has 5 heteroatoms. The molecule has 0 aliphatic rings. The molecular formula is C19H20O5. The summed E-state index contributed by atoms with van der Waals surface area (Å²) in [4.78, 5) is 22.7. The molecular weight excluding hydrogens is 308 g/mol. The summed E-state index contributed by atoms with van der Waals surface area (Å²) in [6.07, 6.45) is -0.686. The van der Waals surface area contributed by atoms with Crippen molar-refractivity contribution in [3.63, 3.8) is 0 Å². The third kappa shape index (κ3) is 5.43. The third-order valence-electron chi connectivity index (χ3n) is 3.37. The molecule has 0 saturated carbocycles. The maximum atomic E-state index is 11.7. The van der Waals surface area contributed by atoms with Crippen LogP contribution in [0.1, 0.15) is 18.1 Å². The van der Waals surface area contributed by atoms with Crippen molar-refractivity contribution in [1.82, 2.24) is 0 Å². The summed E-state index contributed by atoms with van der Waals surface area (Å²) in [6, 6.07) is 17.2. The van der Waals surface area contributed by atoms with E-state index in [1.807, 2.05) is 54.6 Å². The first-order valence-electron chi connectivity index (χ1n) is 7.59. The van der Waals surface area contributed by atoms with E-state index < -0.39 is 18.0 Å². The Labute approximate surface area is 141 Å². The topological polar surface area (TPSA) is 61.8 Å². The number of benzene rings is 2. The lowest BCUT2D eigenvalue weighted by molar-refractivity contribution is -0.164. The van der Waals surface area contributed by atoms with Crippen LogP contribution in [0.3, 0.4) is 0 Å². The molecule has 1 atom stereocenters. The molecule has 0 amide bonds. The van der Waals surface area contributed by atoms with E-state index >= 15 is 0 Å². The number of ether oxygens (including phenoxy) is 3. The molecule has 0 bridgehead atoms. The van der Waals surface area contributed by atoms with Crippen LogP contribution in [0.25, 0.3) is 0 Å². The maximum Gasteiger partial charge on any atom is 0.347 e. The van der Waals surface area contributed by atoms with Gasteiger partial charge in [0, 0.05) is 13.3 Å². The van der Waals surface area contributed by atoms with Crippen molar-refractivity contribution >= 4 is 11.9 Å². The Morgan fingerprint density at radius 3 is 2.21 bits per heavy atom. The summed E-state index contributed by atoms with van der Waals surface area (Å²) in [5, 5.41) is 0. The highest BCUT2D eigenvalue weighted by atomic mass is 16.6. The molecule has 2 aromatic carbocycles. The average Bonchev–Trinajstić information content (AvgIpc) is 2.60.